The van der Waals surface area contributed by atoms with Crippen LogP contribution in [0.5, 0.6) is 11.5 Å². The largest absolute Gasteiger partial charge is 0.490 e. The summed E-state index contributed by atoms with van der Waals surface area (Å²) in [4.78, 5) is 12.8. The number of carbonyl (C=O) groups is 1. The summed E-state index contributed by atoms with van der Waals surface area (Å²) in [5, 5.41) is 16.2. The number of nitrogens with zero attached hydrogens (tertiary/aromatic N) is 5. The molecule has 3 aromatic rings. The molecule has 2 aromatic heterocycles. The van der Waals surface area contributed by atoms with Gasteiger partial charge in [-0.15, -0.1) is 10.2 Å². The number of rotatable bonds is 7. The minimum Gasteiger partial charge on any atom is -0.490 e. The molecule has 0 bridgehead atoms. The Bertz CT molecular complexity index is 1140. The topological polar surface area (TPSA) is 122 Å². The van der Waals surface area contributed by atoms with Crippen molar-refractivity contribution in [2.75, 3.05) is 24.8 Å². The number of benzene rings is 1. The van der Waals surface area contributed by atoms with Crippen LogP contribution in [0.1, 0.15) is 43.3 Å². The van der Waals surface area contributed by atoms with Gasteiger partial charge in [-0.3, -0.25) is 4.79 Å². The third-order valence-corrected chi connectivity index (χ3v) is 6.23. The van der Waals surface area contributed by atoms with Crippen LogP contribution in [0.15, 0.2) is 29.4 Å². The lowest BCUT2D eigenvalue weighted by atomic mass is 9.95. The smallest absolute Gasteiger partial charge is 0.271 e. The maximum Gasteiger partial charge on any atom is 0.271 e. The van der Waals surface area contributed by atoms with Crippen LogP contribution in [0.4, 0.5) is 0 Å². The lowest BCUT2D eigenvalue weighted by Crippen LogP contribution is -2.33. The van der Waals surface area contributed by atoms with Crippen LogP contribution in [0, 0.1) is 19.8 Å². The highest BCUT2D eigenvalue weighted by molar-refractivity contribution is 7.99. The molecule has 0 fully saturated rings. The Morgan fingerprint density at radius 3 is 2.64 bits per heavy atom. The van der Waals surface area contributed by atoms with E-state index in [0.29, 0.717) is 30.1 Å². The summed E-state index contributed by atoms with van der Waals surface area (Å²) in [5.41, 5.74) is 2.73. The van der Waals surface area contributed by atoms with Crippen LogP contribution in [-0.4, -0.2) is 49.5 Å². The molecular formula is C22H29N7O3S. The van der Waals surface area contributed by atoms with Gasteiger partial charge in [0.15, 0.2) is 11.5 Å². The van der Waals surface area contributed by atoms with Crippen molar-refractivity contribution in [1.82, 2.24) is 30.0 Å². The number of hydrogen-bond acceptors (Lipinski definition) is 8. The number of amides is 1. The zero-order valence-corrected chi connectivity index (χ0v) is 20.1. The van der Waals surface area contributed by atoms with Crippen molar-refractivity contribution in [3.63, 3.8) is 0 Å². The molecular weight excluding hydrogens is 442 g/mol. The third kappa shape index (κ3) is 5.08. The molecule has 1 aromatic carbocycles. The Morgan fingerprint density at radius 2 is 1.94 bits per heavy atom. The average molecular weight is 472 g/mol. The lowest BCUT2D eigenvalue weighted by molar-refractivity contribution is -0.119. The van der Waals surface area contributed by atoms with E-state index in [1.165, 1.54) is 16.4 Å². The van der Waals surface area contributed by atoms with Gasteiger partial charge in [-0.1, -0.05) is 31.7 Å². The molecule has 33 heavy (non-hydrogen) atoms. The first-order valence-electron chi connectivity index (χ1n) is 10.9. The molecule has 1 aliphatic rings. The zero-order valence-electron chi connectivity index (χ0n) is 19.2. The number of nitrogens with one attached hydrogen (secondary N) is 1. The molecule has 10 nitrogen and oxygen atoms in total. The van der Waals surface area contributed by atoms with E-state index in [4.69, 9.17) is 15.3 Å². The van der Waals surface area contributed by atoms with Crippen molar-refractivity contribution in [1.29, 1.82) is 0 Å². The standard InChI is InChI=1S/C22H29N7O3S/c1-13(2)20(16-6-7-17-18(11-16)32-9-5-8-31-17)24-19(30)12-33-22-26-25-21(28(22)23)29-15(4)10-14(3)27-29/h6-7,10-11,13,20H,5,8-9,12,23H2,1-4H3,(H,24,30). The molecule has 1 amide bonds. The number of aromatic nitrogens is 5. The molecule has 0 aliphatic carbocycles. The molecule has 3 heterocycles. The number of aryl methyl sites for hydroxylation is 2. The van der Waals surface area contributed by atoms with E-state index in [1.54, 1.807) is 4.68 Å². The number of ether oxygens (including phenoxy) is 2. The molecule has 0 spiro atoms. The first-order chi connectivity index (χ1) is 15.8. The maximum atomic E-state index is 12.8. The molecule has 176 valence electrons. The molecule has 0 radical (unpaired) electrons. The molecule has 0 saturated carbocycles. The van der Waals surface area contributed by atoms with Crippen LogP contribution >= 0.6 is 11.8 Å². The predicted molar refractivity (Wildman–Crippen MR) is 125 cm³/mol. The zero-order chi connectivity index (χ0) is 23.5. The quantitative estimate of drug-likeness (QED) is 0.398. The van der Waals surface area contributed by atoms with Gasteiger partial charge in [0, 0.05) is 12.1 Å². The number of carbonyl (C=O) groups excluding carboxylic acids is 1. The molecule has 1 atom stereocenters. The first kappa shape index (κ1) is 23.0. The van der Waals surface area contributed by atoms with Gasteiger partial charge in [0.2, 0.25) is 11.1 Å². The van der Waals surface area contributed by atoms with E-state index in [-0.39, 0.29) is 23.6 Å². The number of nitrogen functional groups attached to an aromatic ring is 1. The van der Waals surface area contributed by atoms with Crippen LogP contribution < -0.4 is 20.6 Å². The Kier molecular flexibility index (Phi) is 6.77. The second kappa shape index (κ2) is 9.74. The van der Waals surface area contributed by atoms with Crippen LogP contribution in [0.3, 0.4) is 0 Å². The first-order valence-corrected chi connectivity index (χ1v) is 11.9. The molecule has 11 heteroatoms. The Morgan fingerprint density at radius 1 is 1.18 bits per heavy atom. The van der Waals surface area contributed by atoms with Crippen molar-refractivity contribution in [2.24, 2.45) is 5.92 Å². The average Bonchev–Trinajstić information content (AvgIpc) is 3.20. The highest BCUT2D eigenvalue weighted by atomic mass is 32.2. The van der Waals surface area contributed by atoms with Gasteiger partial charge < -0.3 is 20.6 Å². The summed E-state index contributed by atoms with van der Waals surface area (Å²) >= 11 is 1.22. The van der Waals surface area contributed by atoms with Crippen molar-refractivity contribution < 1.29 is 14.3 Å². The maximum absolute atomic E-state index is 12.8. The highest BCUT2D eigenvalue weighted by Gasteiger charge is 2.22. The Hall–Kier alpha value is -3.21. The number of hydrogen-bond donors (Lipinski definition) is 2. The third-order valence-electron chi connectivity index (χ3n) is 5.29. The Labute approximate surface area is 196 Å². The van der Waals surface area contributed by atoms with Crippen molar-refractivity contribution >= 4 is 17.7 Å². The summed E-state index contributed by atoms with van der Waals surface area (Å²) in [6.45, 7) is 9.21. The van der Waals surface area contributed by atoms with Gasteiger partial charge in [0.1, 0.15) is 0 Å². The lowest BCUT2D eigenvalue weighted by Gasteiger charge is -2.23. The summed E-state index contributed by atoms with van der Waals surface area (Å²) in [7, 11) is 0. The molecule has 1 unspecified atom stereocenters. The van der Waals surface area contributed by atoms with E-state index in [2.05, 4.69) is 34.5 Å². The van der Waals surface area contributed by atoms with E-state index < -0.39 is 0 Å². The van der Waals surface area contributed by atoms with Gasteiger partial charge in [-0.05, 0) is 43.5 Å². The Balaban J connectivity index is 1.42. The van der Waals surface area contributed by atoms with E-state index in [1.807, 2.05) is 38.1 Å². The fourth-order valence-electron chi connectivity index (χ4n) is 3.70. The van der Waals surface area contributed by atoms with Gasteiger partial charge in [0.05, 0.1) is 30.7 Å². The van der Waals surface area contributed by atoms with Crippen LogP contribution in [-0.2, 0) is 4.79 Å². The van der Waals surface area contributed by atoms with Gasteiger partial charge in [-0.2, -0.15) is 5.10 Å². The fourth-order valence-corrected chi connectivity index (χ4v) is 4.36. The predicted octanol–water partition coefficient (Wildman–Crippen LogP) is 2.56. The van der Waals surface area contributed by atoms with Crippen LogP contribution in [0.2, 0.25) is 0 Å². The fraction of sp³-hybridized carbons (Fsp3) is 0.455. The molecule has 3 N–H and O–H groups in total. The monoisotopic (exact) mass is 471 g/mol. The van der Waals surface area contributed by atoms with Crippen molar-refractivity contribution in [3.8, 4) is 17.4 Å². The second-order valence-corrected chi connectivity index (χ2v) is 9.27. The van der Waals surface area contributed by atoms with Gasteiger partial charge >= 0.3 is 0 Å². The minimum atomic E-state index is -0.170. The number of nitrogens with two attached hydrogens (primary N) is 1. The van der Waals surface area contributed by atoms with Crippen molar-refractivity contribution in [2.45, 2.75) is 45.3 Å². The van der Waals surface area contributed by atoms with Gasteiger partial charge in [-0.25, -0.2) is 9.36 Å². The van der Waals surface area contributed by atoms with Gasteiger partial charge in [0.25, 0.3) is 5.95 Å². The molecule has 1 aliphatic heterocycles. The van der Waals surface area contributed by atoms with Crippen molar-refractivity contribution in [3.05, 3.63) is 41.2 Å². The highest BCUT2D eigenvalue weighted by Crippen LogP contribution is 2.34. The SMILES string of the molecule is Cc1cc(C)n(-c2nnc(SCC(=O)NC(c3ccc4c(c3)OCCCO4)C(C)C)n2N)n1. The normalized spacial score (nSPS) is 14.2. The molecule has 4 rings (SSSR count). The number of thioether (sulfide) groups is 1. The summed E-state index contributed by atoms with van der Waals surface area (Å²) in [5.74, 6) is 8.23. The van der Waals surface area contributed by atoms with E-state index in [9.17, 15) is 4.79 Å². The minimum absolute atomic E-state index is 0.124. The van der Waals surface area contributed by atoms with E-state index in [0.717, 1.165) is 29.1 Å². The second-order valence-electron chi connectivity index (χ2n) is 8.33. The number of fused-ring (bicyclic) bond motifs is 1. The van der Waals surface area contributed by atoms with Crippen LogP contribution in [0.25, 0.3) is 5.95 Å². The summed E-state index contributed by atoms with van der Waals surface area (Å²) in [6.07, 6.45) is 0.846. The summed E-state index contributed by atoms with van der Waals surface area (Å²) in [6, 6.07) is 7.60. The summed E-state index contributed by atoms with van der Waals surface area (Å²) < 4.78 is 14.5. The molecule has 0 saturated heterocycles. The van der Waals surface area contributed by atoms with E-state index >= 15 is 0 Å².